The topological polar surface area (TPSA) is 76.1 Å². The molecule has 0 aromatic heterocycles. The lowest BCUT2D eigenvalue weighted by atomic mass is 10.2. The minimum atomic E-state index is -1.03. The SMILES string of the molecule is Cc1cccc(OCCCC(=O)N2CCO[C@H](C(=O)O)C2)c1. The van der Waals surface area contributed by atoms with E-state index in [1.807, 2.05) is 31.2 Å². The van der Waals surface area contributed by atoms with E-state index in [-0.39, 0.29) is 19.1 Å². The number of carboxylic acids is 1. The molecule has 0 unspecified atom stereocenters. The van der Waals surface area contributed by atoms with Crippen LogP contribution in [-0.4, -0.2) is 54.3 Å². The van der Waals surface area contributed by atoms with Crippen molar-refractivity contribution in [1.29, 1.82) is 0 Å². The molecule has 120 valence electrons. The van der Waals surface area contributed by atoms with Gasteiger partial charge in [0.25, 0.3) is 0 Å². The Morgan fingerprint density at radius 3 is 3.00 bits per heavy atom. The number of nitrogens with zero attached hydrogens (tertiary/aromatic N) is 1. The van der Waals surface area contributed by atoms with Crippen molar-refractivity contribution in [3.05, 3.63) is 29.8 Å². The quantitative estimate of drug-likeness (QED) is 0.805. The highest BCUT2D eigenvalue weighted by Gasteiger charge is 2.28. The molecule has 1 atom stereocenters. The summed E-state index contributed by atoms with van der Waals surface area (Å²) in [5, 5.41) is 8.92. The summed E-state index contributed by atoms with van der Waals surface area (Å²) in [5.74, 6) is -0.285. The molecule has 1 saturated heterocycles. The van der Waals surface area contributed by atoms with E-state index in [1.165, 1.54) is 0 Å². The average molecular weight is 307 g/mol. The fourth-order valence-corrected chi connectivity index (χ4v) is 2.30. The lowest BCUT2D eigenvalue weighted by molar-refractivity contribution is -0.159. The van der Waals surface area contributed by atoms with Gasteiger partial charge in [-0.1, -0.05) is 12.1 Å². The minimum absolute atomic E-state index is 0.0533. The maximum Gasteiger partial charge on any atom is 0.334 e. The van der Waals surface area contributed by atoms with Gasteiger partial charge in [-0.25, -0.2) is 4.79 Å². The molecule has 1 aliphatic rings. The zero-order valence-electron chi connectivity index (χ0n) is 12.7. The normalized spacial score (nSPS) is 18.0. The number of ether oxygens (including phenoxy) is 2. The molecule has 1 aliphatic heterocycles. The number of rotatable bonds is 6. The first-order chi connectivity index (χ1) is 10.6. The predicted molar refractivity (Wildman–Crippen MR) is 79.9 cm³/mol. The van der Waals surface area contributed by atoms with Crippen LogP contribution in [0.2, 0.25) is 0 Å². The number of hydrogen-bond donors (Lipinski definition) is 1. The summed E-state index contributed by atoms with van der Waals surface area (Å²) in [4.78, 5) is 24.5. The molecule has 0 spiro atoms. The van der Waals surface area contributed by atoms with Gasteiger partial charge in [-0.3, -0.25) is 4.79 Å². The molecular weight excluding hydrogens is 286 g/mol. The Labute approximate surface area is 129 Å². The molecule has 1 fully saturated rings. The van der Waals surface area contributed by atoms with Gasteiger partial charge in [0.05, 0.1) is 19.8 Å². The monoisotopic (exact) mass is 307 g/mol. The largest absolute Gasteiger partial charge is 0.494 e. The van der Waals surface area contributed by atoms with E-state index in [2.05, 4.69) is 0 Å². The summed E-state index contributed by atoms with van der Waals surface area (Å²) in [6.45, 7) is 3.28. The summed E-state index contributed by atoms with van der Waals surface area (Å²) >= 11 is 0. The molecular formula is C16H21NO5. The van der Waals surface area contributed by atoms with E-state index in [9.17, 15) is 9.59 Å². The fraction of sp³-hybridized carbons (Fsp3) is 0.500. The van der Waals surface area contributed by atoms with Gasteiger partial charge in [0.1, 0.15) is 5.75 Å². The van der Waals surface area contributed by atoms with Crippen molar-refractivity contribution in [3.8, 4) is 5.75 Å². The molecule has 1 amide bonds. The highest BCUT2D eigenvalue weighted by atomic mass is 16.5. The van der Waals surface area contributed by atoms with Crippen LogP contribution in [0.1, 0.15) is 18.4 Å². The summed E-state index contributed by atoms with van der Waals surface area (Å²) in [6.07, 6.45) is 0.0290. The van der Waals surface area contributed by atoms with Gasteiger partial charge in [-0.05, 0) is 31.0 Å². The molecule has 1 aromatic carbocycles. The van der Waals surface area contributed by atoms with Crippen LogP contribution in [0.25, 0.3) is 0 Å². The van der Waals surface area contributed by atoms with E-state index in [0.29, 0.717) is 26.0 Å². The Bertz CT molecular complexity index is 531. The van der Waals surface area contributed by atoms with E-state index in [0.717, 1.165) is 11.3 Å². The second-order valence-electron chi connectivity index (χ2n) is 5.31. The maximum absolute atomic E-state index is 12.1. The fourth-order valence-electron chi connectivity index (χ4n) is 2.30. The molecule has 0 saturated carbocycles. The van der Waals surface area contributed by atoms with Gasteiger partial charge in [0.2, 0.25) is 5.91 Å². The molecule has 6 heteroatoms. The third-order valence-electron chi connectivity index (χ3n) is 3.49. The van der Waals surface area contributed by atoms with Crippen LogP contribution < -0.4 is 4.74 Å². The number of hydrogen-bond acceptors (Lipinski definition) is 4. The van der Waals surface area contributed by atoms with E-state index >= 15 is 0 Å². The number of carboxylic acid groups (broad SMARTS) is 1. The Kier molecular flexibility index (Phi) is 5.77. The maximum atomic E-state index is 12.1. The number of amides is 1. The minimum Gasteiger partial charge on any atom is -0.494 e. The van der Waals surface area contributed by atoms with Crippen LogP contribution in [0.3, 0.4) is 0 Å². The molecule has 0 bridgehead atoms. The first kappa shape index (κ1) is 16.3. The second kappa shape index (κ2) is 7.79. The third-order valence-corrected chi connectivity index (χ3v) is 3.49. The van der Waals surface area contributed by atoms with Crippen molar-refractivity contribution in [3.63, 3.8) is 0 Å². The Hall–Kier alpha value is -2.08. The number of aliphatic carboxylic acids is 1. The Morgan fingerprint density at radius 1 is 1.45 bits per heavy atom. The average Bonchev–Trinajstić information content (AvgIpc) is 2.51. The molecule has 1 heterocycles. The molecule has 2 rings (SSSR count). The van der Waals surface area contributed by atoms with Crippen LogP contribution in [0, 0.1) is 6.92 Å². The number of carbonyl (C=O) groups excluding carboxylic acids is 1. The van der Waals surface area contributed by atoms with Gasteiger partial charge >= 0.3 is 5.97 Å². The highest BCUT2D eigenvalue weighted by Crippen LogP contribution is 2.13. The van der Waals surface area contributed by atoms with Crippen LogP contribution in [0.5, 0.6) is 5.75 Å². The van der Waals surface area contributed by atoms with Gasteiger partial charge < -0.3 is 19.5 Å². The standard InChI is InChI=1S/C16H21NO5/c1-12-4-2-5-13(10-12)21-8-3-6-15(18)17-7-9-22-14(11-17)16(19)20/h2,4-5,10,14H,3,6-9,11H2,1H3,(H,19,20)/t14-/m0/s1. The van der Waals surface area contributed by atoms with Crippen LogP contribution in [0.15, 0.2) is 24.3 Å². The summed E-state index contributed by atoms with van der Waals surface area (Å²) in [5.41, 5.74) is 1.13. The number of aryl methyl sites for hydroxylation is 1. The third kappa shape index (κ3) is 4.73. The summed E-state index contributed by atoms with van der Waals surface area (Å²) in [6, 6.07) is 7.75. The number of morpholine rings is 1. The highest BCUT2D eigenvalue weighted by molar-refractivity contribution is 5.78. The first-order valence-electron chi connectivity index (χ1n) is 7.38. The van der Waals surface area contributed by atoms with Crippen molar-refractivity contribution in [1.82, 2.24) is 4.90 Å². The molecule has 1 aromatic rings. The number of carbonyl (C=O) groups is 2. The van der Waals surface area contributed by atoms with Crippen molar-refractivity contribution < 1.29 is 24.2 Å². The predicted octanol–water partition coefficient (Wildman–Crippen LogP) is 1.47. The van der Waals surface area contributed by atoms with Crippen LogP contribution >= 0.6 is 0 Å². The lowest BCUT2D eigenvalue weighted by Crippen LogP contribution is -2.48. The van der Waals surface area contributed by atoms with Crippen LogP contribution in [0.4, 0.5) is 0 Å². The molecule has 6 nitrogen and oxygen atoms in total. The van der Waals surface area contributed by atoms with Gasteiger partial charge in [-0.2, -0.15) is 0 Å². The van der Waals surface area contributed by atoms with Gasteiger partial charge in [0, 0.05) is 13.0 Å². The van der Waals surface area contributed by atoms with E-state index < -0.39 is 12.1 Å². The molecule has 0 radical (unpaired) electrons. The van der Waals surface area contributed by atoms with Crippen molar-refractivity contribution >= 4 is 11.9 Å². The Morgan fingerprint density at radius 2 is 2.27 bits per heavy atom. The summed E-state index contributed by atoms with van der Waals surface area (Å²) in [7, 11) is 0. The van der Waals surface area contributed by atoms with Gasteiger partial charge in [0.15, 0.2) is 6.10 Å². The number of benzene rings is 1. The van der Waals surface area contributed by atoms with Gasteiger partial charge in [-0.15, -0.1) is 0 Å². The molecule has 22 heavy (non-hydrogen) atoms. The zero-order valence-corrected chi connectivity index (χ0v) is 12.7. The molecule has 1 N–H and O–H groups in total. The van der Waals surface area contributed by atoms with E-state index in [1.54, 1.807) is 4.90 Å². The van der Waals surface area contributed by atoms with E-state index in [4.69, 9.17) is 14.6 Å². The van der Waals surface area contributed by atoms with Crippen molar-refractivity contribution in [2.75, 3.05) is 26.3 Å². The van der Waals surface area contributed by atoms with Crippen molar-refractivity contribution in [2.45, 2.75) is 25.9 Å². The zero-order chi connectivity index (χ0) is 15.9. The summed E-state index contributed by atoms with van der Waals surface area (Å²) < 4.78 is 10.7. The molecule has 0 aliphatic carbocycles. The van der Waals surface area contributed by atoms with Crippen molar-refractivity contribution in [2.24, 2.45) is 0 Å². The van der Waals surface area contributed by atoms with Crippen LogP contribution in [-0.2, 0) is 14.3 Å². The lowest BCUT2D eigenvalue weighted by Gasteiger charge is -2.30. The second-order valence-corrected chi connectivity index (χ2v) is 5.31. The smallest absolute Gasteiger partial charge is 0.334 e. The Balaban J connectivity index is 1.70. The first-order valence-corrected chi connectivity index (χ1v) is 7.38.